The largest absolute Gasteiger partial charge is 0.481 e. The van der Waals surface area contributed by atoms with Crippen molar-refractivity contribution < 1.29 is 14.7 Å². The summed E-state index contributed by atoms with van der Waals surface area (Å²) >= 11 is 0. The summed E-state index contributed by atoms with van der Waals surface area (Å²) < 4.78 is 0. The molecule has 2 saturated carbocycles. The Hall–Kier alpha value is -1.92. The van der Waals surface area contributed by atoms with E-state index in [-0.39, 0.29) is 24.5 Å². The van der Waals surface area contributed by atoms with Crippen molar-refractivity contribution in [3.05, 3.63) is 35.4 Å². The van der Waals surface area contributed by atoms with Gasteiger partial charge in [-0.1, -0.05) is 19.1 Å². The molecule has 2 aliphatic rings. The maximum absolute atomic E-state index is 12.0. The van der Waals surface area contributed by atoms with E-state index >= 15 is 0 Å². The van der Waals surface area contributed by atoms with Gasteiger partial charge in [-0.3, -0.25) is 14.9 Å². The van der Waals surface area contributed by atoms with E-state index in [1.54, 1.807) is 12.1 Å². The van der Waals surface area contributed by atoms with Crippen molar-refractivity contribution in [3.63, 3.8) is 0 Å². The van der Waals surface area contributed by atoms with Gasteiger partial charge in [-0.2, -0.15) is 0 Å². The molecule has 0 aromatic heterocycles. The number of hydrogen-bond donors (Lipinski definition) is 4. The molecule has 2 fully saturated rings. The monoisotopic (exact) mass is 387 g/mol. The molecule has 6 heteroatoms. The van der Waals surface area contributed by atoms with Crippen LogP contribution < -0.4 is 16.4 Å². The van der Waals surface area contributed by atoms with Crippen molar-refractivity contribution in [1.29, 1.82) is 0 Å². The second-order valence-corrected chi connectivity index (χ2v) is 8.86. The fourth-order valence-corrected chi connectivity index (χ4v) is 4.28. The third-order valence-electron chi connectivity index (χ3n) is 6.63. The molecule has 5 N–H and O–H groups in total. The van der Waals surface area contributed by atoms with Gasteiger partial charge in [-0.05, 0) is 74.0 Å². The highest BCUT2D eigenvalue weighted by atomic mass is 16.4. The van der Waals surface area contributed by atoms with Crippen LogP contribution in [0.4, 0.5) is 0 Å². The first-order valence-electron chi connectivity index (χ1n) is 10.4. The van der Waals surface area contributed by atoms with Crippen LogP contribution >= 0.6 is 0 Å². The van der Waals surface area contributed by atoms with E-state index in [2.05, 4.69) is 17.6 Å². The lowest BCUT2D eigenvalue weighted by Crippen LogP contribution is -2.56. The number of benzene rings is 1. The van der Waals surface area contributed by atoms with Crippen molar-refractivity contribution in [3.8, 4) is 0 Å². The maximum atomic E-state index is 12.0. The van der Waals surface area contributed by atoms with Crippen molar-refractivity contribution >= 4 is 11.9 Å². The van der Waals surface area contributed by atoms with E-state index in [0.717, 1.165) is 37.3 Å². The van der Waals surface area contributed by atoms with Crippen LogP contribution in [0.2, 0.25) is 0 Å². The maximum Gasteiger partial charge on any atom is 0.305 e. The first-order valence-corrected chi connectivity index (χ1v) is 10.4. The van der Waals surface area contributed by atoms with Gasteiger partial charge in [-0.25, -0.2) is 0 Å². The summed E-state index contributed by atoms with van der Waals surface area (Å²) in [7, 11) is 0. The topological polar surface area (TPSA) is 104 Å². The van der Waals surface area contributed by atoms with Crippen molar-refractivity contribution in [1.82, 2.24) is 10.6 Å². The van der Waals surface area contributed by atoms with Crippen LogP contribution in [-0.2, 0) is 11.2 Å². The summed E-state index contributed by atoms with van der Waals surface area (Å²) in [6, 6.07) is 7.46. The minimum absolute atomic E-state index is 0.0731. The molecule has 0 radical (unpaired) electrons. The molecule has 0 heterocycles. The molecule has 0 bridgehead atoms. The fraction of sp³-hybridized carbons (Fsp3) is 0.636. The van der Waals surface area contributed by atoms with Crippen LogP contribution in [0.15, 0.2) is 24.3 Å². The molecule has 0 saturated heterocycles. The van der Waals surface area contributed by atoms with E-state index in [0.29, 0.717) is 11.0 Å². The molecule has 28 heavy (non-hydrogen) atoms. The van der Waals surface area contributed by atoms with Crippen LogP contribution in [-0.4, -0.2) is 35.7 Å². The number of nitrogens with one attached hydrogen (secondary N) is 2. The SMILES string of the molecule is CC1(C2CCC(N)(NCCc3ccc(C(=O)NCCC(=O)O)cc3)CC2)CC1. The van der Waals surface area contributed by atoms with Crippen LogP contribution in [0.25, 0.3) is 0 Å². The molecule has 0 aliphatic heterocycles. The summed E-state index contributed by atoms with van der Waals surface area (Å²) in [5.74, 6) is -0.316. The average molecular weight is 388 g/mol. The molecule has 3 rings (SSSR count). The molecule has 0 atom stereocenters. The number of aliphatic carboxylic acids is 1. The smallest absolute Gasteiger partial charge is 0.305 e. The minimum atomic E-state index is -0.920. The van der Waals surface area contributed by atoms with Gasteiger partial charge in [0.05, 0.1) is 12.1 Å². The number of carbonyl (C=O) groups excluding carboxylic acids is 1. The normalized spacial score (nSPS) is 25.9. The van der Waals surface area contributed by atoms with Crippen LogP contribution in [0, 0.1) is 11.3 Å². The Balaban J connectivity index is 1.39. The number of nitrogens with two attached hydrogens (primary N) is 1. The number of carbonyl (C=O) groups is 2. The van der Waals surface area contributed by atoms with Gasteiger partial charge >= 0.3 is 5.97 Å². The van der Waals surface area contributed by atoms with E-state index in [9.17, 15) is 9.59 Å². The molecular formula is C22H33N3O3. The van der Waals surface area contributed by atoms with Crippen LogP contribution in [0.5, 0.6) is 0 Å². The Morgan fingerprint density at radius 2 is 1.75 bits per heavy atom. The Morgan fingerprint density at radius 1 is 1.11 bits per heavy atom. The van der Waals surface area contributed by atoms with Crippen molar-refractivity contribution in [2.45, 2.75) is 64.0 Å². The fourth-order valence-electron chi connectivity index (χ4n) is 4.28. The molecule has 0 unspecified atom stereocenters. The van der Waals surface area contributed by atoms with Gasteiger partial charge in [-0.15, -0.1) is 0 Å². The highest BCUT2D eigenvalue weighted by Crippen LogP contribution is 2.56. The summed E-state index contributed by atoms with van der Waals surface area (Å²) in [5.41, 5.74) is 8.63. The Labute approximate surface area is 167 Å². The lowest BCUT2D eigenvalue weighted by Gasteiger charge is -2.40. The summed E-state index contributed by atoms with van der Waals surface area (Å²) in [6.07, 6.45) is 8.10. The molecule has 1 aromatic carbocycles. The number of rotatable bonds is 9. The highest BCUT2D eigenvalue weighted by molar-refractivity contribution is 5.94. The second-order valence-electron chi connectivity index (χ2n) is 8.86. The molecule has 1 amide bonds. The van der Waals surface area contributed by atoms with E-state index in [4.69, 9.17) is 10.8 Å². The molecule has 2 aliphatic carbocycles. The number of hydrogen-bond acceptors (Lipinski definition) is 4. The minimum Gasteiger partial charge on any atom is -0.481 e. The third-order valence-corrected chi connectivity index (χ3v) is 6.63. The number of carboxylic acid groups (broad SMARTS) is 1. The van der Waals surface area contributed by atoms with Gasteiger partial charge in [0, 0.05) is 18.7 Å². The third kappa shape index (κ3) is 5.55. The number of amides is 1. The Kier molecular flexibility index (Phi) is 6.40. The van der Waals surface area contributed by atoms with Gasteiger partial charge in [0.15, 0.2) is 0 Å². The predicted octanol–water partition coefficient (Wildman–Crippen LogP) is 2.67. The highest BCUT2D eigenvalue weighted by Gasteiger charge is 2.47. The second kappa shape index (κ2) is 8.62. The van der Waals surface area contributed by atoms with Crippen LogP contribution in [0.1, 0.15) is 67.8 Å². The lowest BCUT2D eigenvalue weighted by molar-refractivity contribution is -0.136. The quantitative estimate of drug-likeness (QED) is 0.488. The van der Waals surface area contributed by atoms with Gasteiger partial charge in [0.2, 0.25) is 0 Å². The Bertz CT molecular complexity index is 689. The first-order chi connectivity index (χ1) is 13.3. The van der Waals surface area contributed by atoms with Crippen molar-refractivity contribution in [2.75, 3.05) is 13.1 Å². The summed E-state index contributed by atoms with van der Waals surface area (Å²) in [5, 5.41) is 14.8. The van der Waals surface area contributed by atoms with E-state index in [1.165, 1.54) is 25.7 Å². The molecular weight excluding hydrogens is 354 g/mol. The average Bonchev–Trinajstić information content (AvgIpc) is 3.41. The molecule has 0 spiro atoms. The predicted molar refractivity (Wildman–Crippen MR) is 109 cm³/mol. The standard InChI is InChI=1S/C22H33N3O3/c1-21(12-13-21)18-6-10-22(23,11-7-18)25-15-8-16-2-4-17(5-3-16)20(28)24-14-9-19(26)27/h2-5,18,25H,6-15,23H2,1H3,(H,24,28)(H,26,27). The molecule has 1 aromatic rings. The first kappa shape index (κ1) is 20.8. The van der Waals surface area contributed by atoms with E-state index in [1.807, 2.05) is 12.1 Å². The zero-order valence-electron chi connectivity index (χ0n) is 16.8. The Morgan fingerprint density at radius 3 is 2.32 bits per heavy atom. The van der Waals surface area contributed by atoms with Gasteiger partial charge in [0.25, 0.3) is 5.91 Å². The van der Waals surface area contributed by atoms with Crippen molar-refractivity contribution in [2.24, 2.45) is 17.1 Å². The van der Waals surface area contributed by atoms with Crippen LogP contribution in [0.3, 0.4) is 0 Å². The molecule has 6 nitrogen and oxygen atoms in total. The number of carboxylic acids is 1. The van der Waals surface area contributed by atoms with E-state index < -0.39 is 5.97 Å². The van der Waals surface area contributed by atoms with Gasteiger partial charge in [0.1, 0.15) is 0 Å². The van der Waals surface area contributed by atoms with Gasteiger partial charge < -0.3 is 16.2 Å². The zero-order chi connectivity index (χ0) is 20.2. The zero-order valence-corrected chi connectivity index (χ0v) is 16.8. The molecule has 154 valence electrons. The summed E-state index contributed by atoms with van der Waals surface area (Å²) in [6.45, 7) is 3.38. The summed E-state index contributed by atoms with van der Waals surface area (Å²) in [4.78, 5) is 22.5. The lowest BCUT2D eigenvalue weighted by atomic mass is 9.74.